The van der Waals surface area contributed by atoms with E-state index in [1.165, 1.54) is 0 Å². The van der Waals surface area contributed by atoms with E-state index < -0.39 is 12.3 Å². The average molecular weight is 163 g/mol. The summed E-state index contributed by atoms with van der Waals surface area (Å²) in [4.78, 5) is 10.1. The van der Waals surface area contributed by atoms with Crippen LogP contribution in [-0.4, -0.2) is 49.7 Å². The number of ether oxygens (including phenoxy) is 1. The summed E-state index contributed by atoms with van der Waals surface area (Å²) in [5.41, 5.74) is 4.70. The van der Waals surface area contributed by atoms with Crippen LogP contribution in [0.15, 0.2) is 0 Å². The molecule has 0 saturated carbocycles. The van der Waals surface area contributed by atoms with Crippen molar-refractivity contribution < 1.29 is 19.1 Å². The van der Waals surface area contributed by atoms with Crippen molar-refractivity contribution in [1.29, 1.82) is 0 Å². The van der Waals surface area contributed by atoms with Crippen LogP contribution in [0.5, 0.6) is 0 Å². The Balaban J connectivity index is 3.70. The Hall–Kier alpha value is -0.810. The molecule has 0 saturated heterocycles. The van der Waals surface area contributed by atoms with E-state index in [1.807, 2.05) is 0 Å². The van der Waals surface area contributed by atoms with E-state index in [0.717, 1.165) is 0 Å². The van der Waals surface area contributed by atoms with E-state index in [4.69, 9.17) is 5.73 Å². The van der Waals surface area contributed by atoms with Gasteiger partial charge in [0.25, 0.3) is 0 Å². The number of aliphatic hydroxyl groups is 1. The Kier molecular flexibility index (Phi) is 3.28. The molecule has 0 radical (unpaired) electrons. The van der Waals surface area contributed by atoms with Gasteiger partial charge in [0.05, 0.1) is 21.1 Å². The van der Waals surface area contributed by atoms with E-state index >= 15 is 0 Å². The van der Waals surface area contributed by atoms with Crippen LogP contribution in [0.2, 0.25) is 0 Å². The number of carbonyl (C=O) groups excluding carboxylic acids is 1. The first-order valence-corrected chi connectivity index (χ1v) is 3.25. The van der Waals surface area contributed by atoms with Gasteiger partial charge in [0.15, 0.2) is 6.61 Å². The van der Waals surface area contributed by atoms with Gasteiger partial charge in [-0.2, -0.15) is 0 Å². The van der Waals surface area contributed by atoms with Crippen LogP contribution in [-0.2, 0) is 4.74 Å². The Labute approximate surface area is 65.9 Å². The largest absolute Gasteiger partial charge is 0.440 e. The molecule has 0 aromatic heterocycles. The zero-order valence-electron chi connectivity index (χ0n) is 7.07. The highest BCUT2D eigenvalue weighted by Crippen LogP contribution is 1.98. The molecule has 0 aromatic carbocycles. The van der Waals surface area contributed by atoms with Gasteiger partial charge >= 0.3 is 6.09 Å². The number of quaternary nitrogens is 1. The molecule has 0 aliphatic rings. The van der Waals surface area contributed by atoms with Crippen molar-refractivity contribution in [2.24, 2.45) is 5.73 Å². The van der Waals surface area contributed by atoms with Crippen molar-refractivity contribution in [3.63, 3.8) is 0 Å². The predicted molar refractivity (Wildman–Crippen MR) is 39.6 cm³/mol. The van der Waals surface area contributed by atoms with Gasteiger partial charge in [-0.05, 0) is 0 Å². The zero-order chi connectivity index (χ0) is 9.07. The van der Waals surface area contributed by atoms with Crippen LogP contribution in [0.1, 0.15) is 0 Å². The summed E-state index contributed by atoms with van der Waals surface area (Å²) in [6, 6.07) is 0. The maximum atomic E-state index is 10.1. The molecule has 0 spiro atoms. The molecule has 0 rings (SSSR count). The van der Waals surface area contributed by atoms with Gasteiger partial charge in [0.2, 0.25) is 6.23 Å². The number of nitrogens with zero attached hydrogens (tertiary/aromatic N) is 1. The Morgan fingerprint density at radius 1 is 1.64 bits per heavy atom. The fourth-order valence-corrected chi connectivity index (χ4v) is 0.380. The monoisotopic (exact) mass is 163 g/mol. The summed E-state index contributed by atoms with van der Waals surface area (Å²) < 4.78 is 4.72. The highest BCUT2D eigenvalue weighted by molar-refractivity contribution is 5.64. The molecule has 0 aliphatic heterocycles. The molecule has 0 aromatic rings. The first kappa shape index (κ1) is 10.2. The molecule has 5 nitrogen and oxygen atoms in total. The van der Waals surface area contributed by atoms with E-state index in [0.29, 0.717) is 4.48 Å². The van der Waals surface area contributed by atoms with E-state index in [1.54, 1.807) is 21.1 Å². The van der Waals surface area contributed by atoms with Crippen LogP contribution in [0, 0.1) is 0 Å². The third-order valence-corrected chi connectivity index (χ3v) is 1.27. The Morgan fingerprint density at radius 3 is 2.36 bits per heavy atom. The number of primary amides is 1. The molecule has 66 valence electrons. The molecule has 0 aliphatic carbocycles. The van der Waals surface area contributed by atoms with Gasteiger partial charge in [-0.15, -0.1) is 0 Å². The van der Waals surface area contributed by atoms with Crippen molar-refractivity contribution >= 4 is 6.09 Å². The molecule has 3 N–H and O–H groups in total. The predicted octanol–water partition coefficient (Wildman–Crippen LogP) is -0.894. The molecule has 0 fully saturated rings. The fourth-order valence-electron chi connectivity index (χ4n) is 0.380. The normalized spacial score (nSPS) is 14.2. The topological polar surface area (TPSA) is 72.6 Å². The van der Waals surface area contributed by atoms with Gasteiger partial charge in [0.1, 0.15) is 0 Å². The first-order valence-electron chi connectivity index (χ1n) is 3.25. The number of hydrogen-bond donors (Lipinski definition) is 2. The van der Waals surface area contributed by atoms with Crippen molar-refractivity contribution in [2.45, 2.75) is 6.23 Å². The lowest BCUT2D eigenvalue weighted by Gasteiger charge is -2.28. The summed E-state index contributed by atoms with van der Waals surface area (Å²) in [6.45, 7) is -0.0706. The lowest BCUT2D eigenvalue weighted by Crippen LogP contribution is -2.48. The van der Waals surface area contributed by atoms with Gasteiger partial charge < -0.3 is 20.1 Å². The fraction of sp³-hybridized carbons (Fsp3) is 0.833. The molecule has 1 unspecified atom stereocenters. The minimum atomic E-state index is -0.863. The lowest BCUT2D eigenvalue weighted by atomic mass is 10.5. The summed E-state index contributed by atoms with van der Waals surface area (Å²) in [7, 11) is 5.36. The third kappa shape index (κ3) is 4.58. The molecule has 1 atom stereocenters. The van der Waals surface area contributed by atoms with Crippen LogP contribution in [0.3, 0.4) is 0 Å². The number of aliphatic hydroxyl groups excluding tert-OH is 1. The highest BCUT2D eigenvalue weighted by atomic mass is 16.6. The number of rotatable bonds is 3. The lowest BCUT2D eigenvalue weighted by molar-refractivity contribution is -0.918. The van der Waals surface area contributed by atoms with Crippen LogP contribution >= 0.6 is 0 Å². The zero-order valence-corrected chi connectivity index (χ0v) is 7.07. The Morgan fingerprint density at radius 2 is 2.09 bits per heavy atom. The molecule has 11 heavy (non-hydrogen) atoms. The summed E-state index contributed by atoms with van der Waals surface area (Å²) in [5.74, 6) is 0. The van der Waals surface area contributed by atoms with E-state index in [2.05, 4.69) is 4.74 Å². The second-order valence-corrected chi connectivity index (χ2v) is 3.23. The first-order chi connectivity index (χ1) is 4.84. The van der Waals surface area contributed by atoms with Gasteiger partial charge in [-0.3, -0.25) is 0 Å². The molecule has 5 heteroatoms. The van der Waals surface area contributed by atoms with Gasteiger partial charge in [-0.1, -0.05) is 0 Å². The molecular weight excluding hydrogens is 148 g/mol. The minimum Gasteiger partial charge on any atom is -0.440 e. The van der Waals surface area contributed by atoms with E-state index in [-0.39, 0.29) is 6.61 Å². The van der Waals surface area contributed by atoms with Crippen LogP contribution in [0.25, 0.3) is 0 Å². The SMILES string of the molecule is C[N+](C)(C)C(O)COC(N)=O. The summed E-state index contributed by atoms with van der Waals surface area (Å²) in [6.07, 6.45) is -1.60. The molecule has 0 bridgehead atoms. The van der Waals surface area contributed by atoms with E-state index in [9.17, 15) is 9.90 Å². The number of carbonyl (C=O) groups is 1. The number of nitrogens with two attached hydrogens (primary N) is 1. The molecular formula is C6H15N2O3+. The second kappa shape index (κ2) is 3.54. The maximum absolute atomic E-state index is 10.1. The van der Waals surface area contributed by atoms with Crippen LogP contribution in [0.4, 0.5) is 4.79 Å². The highest BCUT2D eigenvalue weighted by Gasteiger charge is 2.21. The van der Waals surface area contributed by atoms with Gasteiger partial charge in [-0.25, -0.2) is 4.79 Å². The number of likely N-dealkylation sites (N-methyl/N-ethyl adjacent to an activating group) is 1. The minimum absolute atomic E-state index is 0.0706. The smallest absolute Gasteiger partial charge is 0.404 e. The summed E-state index contributed by atoms with van der Waals surface area (Å²) in [5, 5.41) is 9.27. The Bertz CT molecular complexity index is 141. The summed E-state index contributed by atoms with van der Waals surface area (Å²) >= 11 is 0. The molecule has 1 amide bonds. The van der Waals surface area contributed by atoms with Gasteiger partial charge in [0, 0.05) is 0 Å². The van der Waals surface area contributed by atoms with Crippen LogP contribution < -0.4 is 5.73 Å². The maximum Gasteiger partial charge on any atom is 0.404 e. The average Bonchev–Trinajstić information content (AvgIpc) is 1.80. The molecule has 0 heterocycles. The van der Waals surface area contributed by atoms with Crippen molar-refractivity contribution in [3.05, 3.63) is 0 Å². The van der Waals surface area contributed by atoms with Crippen molar-refractivity contribution in [1.82, 2.24) is 0 Å². The number of amides is 1. The van der Waals surface area contributed by atoms with Crippen molar-refractivity contribution in [3.8, 4) is 0 Å². The number of hydrogen-bond acceptors (Lipinski definition) is 3. The standard InChI is InChI=1S/C6H14N2O3/c1-8(2,3)5(9)4-11-6(7)10/h5,9H,4H2,1-3H3,(H-,7,10)/p+1. The quantitative estimate of drug-likeness (QED) is 0.418. The second-order valence-electron chi connectivity index (χ2n) is 3.23. The third-order valence-electron chi connectivity index (χ3n) is 1.27. The van der Waals surface area contributed by atoms with Crippen molar-refractivity contribution in [2.75, 3.05) is 27.7 Å².